The van der Waals surface area contributed by atoms with Crippen molar-refractivity contribution in [3.63, 3.8) is 0 Å². The van der Waals surface area contributed by atoms with Crippen LogP contribution in [-0.4, -0.2) is 29.9 Å². The second-order valence-corrected chi connectivity index (χ2v) is 6.32. The average Bonchev–Trinajstić information content (AvgIpc) is 2.52. The molecule has 1 aliphatic heterocycles. The Morgan fingerprint density at radius 3 is 2.59 bits per heavy atom. The van der Waals surface area contributed by atoms with Crippen LogP contribution in [0.5, 0.6) is 11.5 Å². The SMILES string of the molecule is CNCC1OC(C2CCCCC2)Cc2c1ccc(O)c2O.Cl. The van der Waals surface area contributed by atoms with Crippen LogP contribution in [0.3, 0.4) is 0 Å². The van der Waals surface area contributed by atoms with Crippen LogP contribution in [0.2, 0.25) is 0 Å². The molecule has 0 aromatic heterocycles. The van der Waals surface area contributed by atoms with Gasteiger partial charge in [0.1, 0.15) is 0 Å². The number of hydrogen-bond donors (Lipinski definition) is 3. The maximum atomic E-state index is 10.2. The highest BCUT2D eigenvalue weighted by Gasteiger charge is 2.34. The minimum absolute atomic E-state index is 0. The number of phenols is 2. The molecule has 1 heterocycles. The van der Waals surface area contributed by atoms with Gasteiger partial charge in [-0.1, -0.05) is 25.3 Å². The van der Waals surface area contributed by atoms with Gasteiger partial charge < -0.3 is 20.3 Å². The van der Waals surface area contributed by atoms with Gasteiger partial charge in [0, 0.05) is 18.5 Å². The number of likely N-dealkylation sites (N-methyl/N-ethyl adjacent to an activating group) is 1. The van der Waals surface area contributed by atoms with Crippen molar-refractivity contribution >= 4 is 12.4 Å². The number of aromatic hydroxyl groups is 2. The van der Waals surface area contributed by atoms with E-state index in [-0.39, 0.29) is 36.1 Å². The molecule has 124 valence electrons. The summed E-state index contributed by atoms with van der Waals surface area (Å²) in [5.74, 6) is 0.590. The molecule has 1 aromatic carbocycles. The zero-order valence-electron chi connectivity index (χ0n) is 13.0. The normalized spacial score (nSPS) is 25.3. The zero-order chi connectivity index (χ0) is 14.8. The molecule has 4 nitrogen and oxygen atoms in total. The molecular formula is C17H26ClNO3. The van der Waals surface area contributed by atoms with Gasteiger partial charge in [0.2, 0.25) is 0 Å². The highest BCUT2D eigenvalue weighted by atomic mass is 35.5. The lowest BCUT2D eigenvalue weighted by atomic mass is 9.80. The smallest absolute Gasteiger partial charge is 0.161 e. The van der Waals surface area contributed by atoms with Crippen LogP contribution in [0, 0.1) is 5.92 Å². The van der Waals surface area contributed by atoms with Gasteiger partial charge in [-0.2, -0.15) is 0 Å². The predicted octanol–water partition coefficient (Wildman–Crippen LogP) is 3.30. The Kier molecular flexibility index (Phi) is 5.95. The maximum absolute atomic E-state index is 10.2. The summed E-state index contributed by atoms with van der Waals surface area (Å²) in [6, 6.07) is 3.44. The predicted molar refractivity (Wildman–Crippen MR) is 88.8 cm³/mol. The molecule has 3 rings (SSSR count). The van der Waals surface area contributed by atoms with Gasteiger partial charge in [-0.05, 0) is 37.4 Å². The van der Waals surface area contributed by atoms with E-state index in [0.717, 1.165) is 17.7 Å². The molecule has 1 fully saturated rings. The van der Waals surface area contributed by atoms with Crippen molar-refractivity contribution in [1.82, 2.24) is 5.32 Å². The number of rotatable bonds is 3. The van der Waals surface area contributed by atoms with Crippen LogP contribution in [0.4, 0.5) is 0 Å². The first-order valence-corrected chi connectivity index (χ1v) is 8.04. The number of fused-ring (bicyclic) bond motifs is 1. The Balaban J connectivity index is 0.00000176. The number of hydrogen-bond acceptors (Lipinski definition) is 4. The van der Waals surface area contributed by atoms with E-state index in [1.807, 2.05) is 13.1 Å². The summed E-state index contributed by atoms with van der Waals surface area (Å²) in [6.07, 6.45) is 7.13. The lowest BCUT2D eigenvalue weighted by Crippen LogP contribution is -2.36. The van der Waals surface area contributed by atoms with E-state index in [1.165, 1.54) is 32.1 Å². The van der Waals surface area contributed by atoms with Crippen LogP contribution < -0.4 is 5.32 Å². The monoisotopic (exact) mass is 327 g/mol. The van der Waals surface area contributed by atoms with Crippen LogP contribution in [0.1, 0.15) is 49.3 Å². The van der Waals surface area contributed by atoms with Crippen molar-refractivity contribution in [2.75, 3.05) is 13.6 Å². The minimum Gasteiger partial charge on any atom is -0.504 e. The zero-order valence-corrected chi connectivity index (χ0v) is 13.9. The molecule has 1 aromatic rings. The first-order chi connectivity index (χ1) is 10.2. The molecule has 2 aliphatic rings. The average molecular weight is 328 g/mol. The lowest BCUT2D eigenvalue weighted by Gasteiger charge is -2.38. The highest BCUT2D eigenvalue weighted by molar-refractivity contribution is 5.85. The van der Waals surface area contributed by atoms with Gasteiger partial charge in [0.15, 0.2) is 11.5 Å². The first-order valence-electron chi connectivity index (χ1n) is 8.04. The minimum atomic E-state index is -0.0443. The molecule has 1 saturated carbocycles. The number of halogens is 1. The van der Waals surface area contributed by atoms with E-state index < -0.39 is 0 Å². The van der Waals surface area contributed by atoms with Crippen molar-refractivity contribution < 1.29 is 14.9 Å². The topological polar surface area (TPSA) is 61.7 Å². The molecule has 0 spiro atoms. The standard InChI is InChI=1S/C17H25NO3.ClH/c1-18-10-16-12-7-8-14(19)17(20)13(12)9-15(21-16)11-5-3-2-4-6-11;/h7-8,11,15-16,18-20H,2-6,9-10H2,1H3;1H. The summed E-state index contributed by atoms with van der Waals surface area (Å²) >= 11 is 0. The molecule has 2 atom stereocenters. The fraction of sp³-hybridized carbons (Fsp3) is 0.647. The lowest BCUT2D eigenvalue weighted by molar-refractivity contribution is -0.0620. The van der Waals surface area contributed by atoms with E-state index >= 15 is 0 Å². The van der Waals surface area contributed by atoms with Gasteiger partial charge in [0.05, 0.1) is 12.2 Å². The summed E-state index contributed by atoms with van der Waals surface area (Å²) < 4.78 is 6.33. The van der Waals surface area contributed by atoms with Crippen molar-refractivity contribution in [2.24, 2.45) is 5.92 Å². The van der Waals surface area contributed by atoms with Crippen molar-refractivity contribution in [1.29, 1.82) is 0 Å². The molecule has 0 saturated heterocycles. The van der Waals surface area contributed by atoms with Crippen molar-refractivity contribution in [3.8, 4) is 11.5 Å². The molecule has 0 radical (unpaired) electrons. The third kappa shape index (κ3) is 3.34. The molecule has 22 heavy (non-hydrogen) atoms. The molecule has 1 aliphatic carbocycles. The van der Waals surface area contributed by atoms with Gasteiger partial charge in [-0.3, -0.25) is 0 Å². The van der Waals surface area contributed by atoms with Crippen LogP contribution in [0.15, 0.2) is 12.1 Å². The van der Waals surface area contributed by atoms with Gasteiger partial charge in [0.25, 0.3) is 0 Å². The van der Waals surface area contributed by atoms with Gasteiger partial charge in [-0.15, -0.1) is 12.4 Å². The first kappa shape index (κ1) is 17.4. The Morgan fingerprint density at radius 2 is 1.91 bits per heavy atom. The third-order valence-corrected chi connectivity index (χ3v) is 4.95. The van der Waals surface area contributed by atoms with E-state index in [1.54, 1.807) is 6.07 Å². The Hall–Kier alpha value is -0.970. The van der Waals surface area contributed by atoms with Gasteiger partial charge in [-0.25, -0.2) is 0 Å². The Morgan fingerprint density at radius 1 is 1.18 bits per heavy atom. The third-order valence-electron chi connectivity index (χ3n) is 4.95. The van der Waals surface area contributed by atoms with Crippen LogP contribution in [-0.2, 0) is 11.2 Å². The second-order valence-electron chi connectivity index (χ2n) is 6.32. The summed E-state index contributed by atoms with van der Waals surface area (Å²) in [5.41, 5.74) is 1.88. The highest BCUT2D eigenvalue weighted by Crippen LogP contribution is 2.43. The van der Waals surface area contributed by atoms with Crippen LogP contribution in [0.25, 0.3) is 0 Å². The molecule has 0 amide bonds. The van der Waals surface area contributed by atoms with E-state index in [2.05, 4.69) is 5.32 Å². The van der Waals surface area contributed by atoms with Crippen molar-refractivity contribution in [3.05, 3.63) is 23.3 Å². The van der Waals surface area contributed by atoms with E-state index in [4.69, 9.17) is 4.74 Å². The largest absolute Gasteiger partial charge is 0.504 e. The number of nitrogens with one attached hydrogen (secondary N) is 1. The molecular weight excluding hydrogens is 302 g/mol. The molecule has 2 unspecified atom stereocenters. The van der Waals surface area contributed by atoms with E-state index in [0.29, 0.717) is 12.3 Å². The number of benzene rings is 1. The Labute approximate surface area is 138 Å². The second kappa shape index (κ2) is 7.53. The Bertz CT molecular complexity index is 503. The molecule has 0 bridgehead atoms. The summed E-state index contributed by atoms with van der Waals surface area (Å²) in [7, 11) is 1.91. The summed E-state index contributed by atoms with van der Waals surface area (Å²) in [5, 5.41) is 23.2. The quantitative estimate of drug-likeness (QED) is 0.745. The number of phenolic OH excluding ortho intramolecular Hbond substituents is 2. The fourth-order valence-corrected chi connectivity index (χ4v) is 3.82. The summed E-state index contributed by atoms with van der Waals surface area (Å²) in [4.78, 5) is 0. The summed E-state index contributed by atoms with van der Waals surface area (Å²) in [6.45, 7) is 0.723. The molecule has 5 heteroatoms. The van der Waals surface area contributed by atoms with Crippen LogP contribution >= 0.6 is 12.4 Å². The van der Waals surface area contributed by atoms with Gasteiger partial charge >= 0.3 is 0 Å². The number of ether oxygens (including phenoxy) is 1. The molecule has 3 N–H and O–H groups in total. The maximum Gasteiger partial charge on any atom is 0.161 e. The van der Waals surface area contributed by atoms with Crippen molar-refractivity contribution in [2.45, 2.75) is 50.7 Å². The van der Waals surface area contributed by atoms with E-state index in [9.17, 15) is 10.2 Å². The fourth-order valence-electron chi connectivity index (χ4n) is 3.82.